The van der Waals surface area contributed by atoms with Crippen molar-refractivity contribution in [3.05, 3.63) is 60.2 Å². The Morgan fingerprint density at radius 2 is 1.87 bits per heavy atom. The molecule has 0 aliphatic carbocycles. The third-order valence-corrected chi connectivity index (χ3v) is 3.17. The Kier molecular flexibility index (Phi) is 6.23. The number of benzene rings is 1. The van der Waals surface area contributed by atoms with Crippen molar-refractivity contribution >= 4 is 17.4 Å². The number of unbranched alkanes of at least 4 members (excludes halogenated alkanes) is 1. The van der Waals surface area contributed by atoms with E-state index in [2.05, 4.69) is 15.5 Å². The third-order valence-electron chi connectivity index (χ3n) is 3.17. The van der Waals surface area contributed by atoms with Crippen molar-refractivity contribution in [3.63, 3.8) is 0 Å². The van der Waals surface area contributed by atoms with Crippen molar-refractivity contribution in [3.8, 4) is 0 Å². The van der Waals surface area contributed by atoms with E-state index in [9.17, 15) is 14.3 Å². The van der Waals surface area contributed by atoms with Gasteiger partial charge < -0.3 is 9.90 Å². The molecule has 0 bridgehead atoms. The maximum atomic E-state index is 12.9. The Balaban J connectivity index is 2.04. The van der Waals surface area contributed by atoms with Gasteiger partial charge in [0.05, 0.1) is 17.1 Å². The van der Waals surface area contributed by atoms with Gasteiger partial charge in [-0.25, -0.2) is 4.39 Å². The first-order valence-corrected chi connectivity index (χ1v) is 7.34. The van der Waals surface area contributed by atoms with Crippen molar-refractivity contribution in [2.45, 2.75) is 25.7 Å². The number of rotatable bonds is 8. The number of nitrogens with one attached hydrogen (secondary N) is 1. The lowest BCUT2D eigenvalue weighted by Crippen LogP contribution is -2.21. The zero-order chi connectivity index (χ0) is 16.5. The summed E-state index contributed by atoms with van der Waals surface area (Å²) >= 11 is 0. The first-order chi connectivity index (χ1) is 11.1. The van der Waals surface area contributed by atoms with Crippen molar-refractivity contribution in [1.29, 1.82) is 0 Å². The lowest BCUT2D eigenvalue weighted by atomic mass is 10.1. The first-order valence-electron chi connectivity index (χ1n) is 7.34. The average Bonchev–Trinajstić information content (AvgIpc) is 2.56. The normalized spacial score (nSPS) is 11.3. The van der Waals surface area contributed by atoms with Crippen molar-refractivity contribution in [2.75, 3.05) is 5.43 Å². The highest BCUT2D eigenvalue weighted by atomic mass is 19.1. The molecule has 0 atom stereocenters. The van der Waals surface area contributed by atoms with Gasteiger partial charge in [0, 0.05) is 12.2 Å². The summed E-state index contributed by atoms with van der Waals surface area (Å²) in [5, 5.41) is 14.8. The quantitative estimate of drug-likeness (QED) is 0.461. The molecular formula is C17H17FN3O2-. The SMILES string of the molecule is O=C([O-])CCCCC(=NNc1ccc(F)cc1)c1ccccn1. The third kappa shape index (κ3) is 5.86. The fourth-order valence-corrected chi connectivity index (χ4v) is 1.99. The summed E-state index contributed by atoms with van der Waals surface area (Å²) in [6.45, 7) is 0. The summed E-state index contributed by atoms with van der Waals surface area (Å²) in [6.07, 6.45) is 3.46. The minimum atomic E-state index is -1.05. The van der Waals surface area contributed by atoms with Gasteiger partial charge in [0.25, 0.3) is 0 Å². The Morgan fingerprint density at radius 3 is 2.52 bits per heavy atom. The predicted molar refractivity (Wildman–Crippen MR) is 84.3 cm³/mol. The van der Waals surface area contributed by atoms with Crippen LogP contribution >= 0.6 is 0 Å². The van der Waals surface area contributed by atoms with Gasteiger partial charge in [-0.1, -0.05) is 6.07 Å². The van der Waals surface area contributed by atoms with Crippen LogP contribution in [0.5, 0.6) is 0 Å². The molecule has 0 fully saturated rings. The van der Waals surface area contributed by atoms with Gasteiger partial charge in [-0.15, -0.1) is 0 Å². The van der Waals surface area contributed by atoms with Crippen LogP contribution in [0.25, 0.3) is 0 Å². The Morgan fingerprint density at radius 1 is 1.13 bits per heavy atom. The summed E-state index contributed by atoms with van der Waals surface area (Å²) in [4.78, 5) is 14.7. The molecule has 120 valence electrons. The summed E-state index contributed by atoms with van der Waals surface area (Å²) in [6, 6.07) is 11.4. The maximum Gasteiger partial charge on any atom is 0.123 e. The van der Waals surface area contributed by atoms with Crippen LogP contribution in [0.1, 0.15) is 31.4 Å². The van der Waals surface area contributed by atoms with Crippen LogP contribution in [0.4, 0.5) is 10.1 Å². The molecule has 0 unspecified atom stereocenters. The second-order valence-electron chi connectivity index (χ2n) is 4.97. The van der Waals surface area contributed by atoms with E-state index in [0.29, 0.717) is 30.7 Å². The molecule has 23 heavy (non-hydrogen) atoms. The summed E-state index contributed by atoms with van der Waals surface area (Å²) in [7, 11) is 0. The maximum absolute atomic E-state index is 12.9. The Bertz CT molecular complexity index is 657. The number of carboxylic acids is 1. The largest absolute Gasteiger partial charge is 0.550 e. The number of hydrazone groups is 1. The molecule has 2 rings (SSSR count). The molecule has 0 radical (unpaired) electrons. The fraction of sp³-hybridized carbons (Fsp3) is 0.235. The second kappa shape index (κ2) is 8.63. The van der Waals surface area contributed by atoms with Crippen molar-refractivity contribution in [2.24, 2.45) is 5.10 Å². The molecule has 0 saturated heterocycles. The second-order valence-corrected chi connectivity index (χ2v) is 4.97. The molecule has 1 aromatic heterocycles. The van der Waals surface area contributed by atoms with E-state index in [4.69, 9.17) is 0 Å². The molecule has 2 aromatic rings. The minimum Gasteiger partial charge on any atom is -0.550 e. The van der Waals surface area contributed by atoms with E-state index in [-0.39, 0.29) is 12.2 Å². The number of pyridine rings is 1. The number of carbonyl (C=O) groups is 1. The van der Waals surface area contributed by atoms with Gasteiger partial charge in [-0.3, -0.25) is 10.4 Å². The summed E-state index contributed by atoms with van der Waals surface area (Å²) in [5.74, 6) is -1.36. The van der Waals surface area contributed by atoms with Gasteiger partial charge in [0.1, 0.15) is 5.82 Å². The van der Waals surface area contributed by atoms with Gasteiger partial charge in [0.15, 0.2) is 0 Å². The van der Waals surface area contributed by atoms with Crippen LogP contribution in [0.15, 0.2) is 53.8 Å². The number of halogens is 1. The Hall–Kier alpha value is -2.76. The van der Waals surface area contributed by atoms with Crippen LogP contribution in [0.2, 0.25) is 0 Å². The van der Waals surface area contributed by atoms with Gasteiger partial charge in [-0.2, -0.15) is 5.10 Å². The standard InChI is InChI=1S/C17H18FN3O2/c18-13-8-10-14(11-9-13)20-21-16(6-1-2-7-17(22)23)15-5-3-4-12-19-15/h3-5,8-12,20H,1-2,6-7H2,(H,22,23)/p-1. The van der Waals surface area contributed by atoms with E-state index in [1.54, 1.807) is 18.3 Å². The highest BCUT2D eigenvalue weighted by molar-refractivity contribution is 5.99. The molecule has 0 saturated carbocycles. The van der Waals surface area contributed by atoms with Crippen LogP contribution in [0, 0.1) is 5.82 Å². The van der Waals surface area contributed by atoms with E-state index < -0.39 is 5.97 Å². The predicted octanol–water partition coefficient (Wildman–Crippen LogP) is 2.35. The molecule has 0 aliphatic rings. The topological polar surface area (TPSA) is 77.4 Å². The molecule has 1 N–H and O–H groups in total. The molecule has 0 amide bonds. The highest BCUT2D eigenvalue weighted by Crippen LogP contribution is 2.11. The lowest BCUT2D eigenvalue weighted by Gasteiger charge is -2.08. The number of aromatic nitrogens is 1. The number of hydrogen-bond acceptors (Lipinski definition) is 5. The number of anilines is 1. The van der Waals surface area contributed by atoms with E-state index in [1.807, 2.05) is 18.2 Å². The van der Waals surface area contributed by atoms with Gasteiger partial charge in [-0.05, 0) is 62.1 Å². The average molecular weight is 314 g/mol. The zero-order valence-corrected chi connectivity index (χ0v) is 12.5. The molecular weight excluding hydrogens is 297 g/mol. The molecule has 1 heterocycles. The van der Waals surface area contributed by atoms with Crippen molar-refractivity contribution < 1.29 is 14.3 Å². The molecule has 5 nitrogen and oxygen atoms in total. The number of carbonyl (C=O) groups excluding carboxylic acids is 1. The number of hydrogen-bond donors (Lipinski definition) is 1. The summed E-state index contributed by atoms with van der Waals surface area (Å²) < 4.78 is 12.9. The van der Waals surface area contributed by atoms with Crippen LogP contribution in [0.3, 0.4) is 0 Å². The smallest absolute Gasteiger partial charge is 0.123 e. The van der Waals surface area contributed by atoms with Crippen LogP contribution < -0.4 is 10.5 Å². The van der Waals surface area contributed by atoms with Gasteiger partial charge >= 0.3 is 0 Å². The number of nitrogens with zero attached hydrogens (tertiary/aromatic N) is 2. The molecule has 6 heteroatoms. The molecule has 1 aromatic carbocycles. The minimum absolute atomic E-state index is 0.0287. The monoisotopic (exact) mass is 314 g/mol. The lowest BCUT2D eigenvalue weighted by molar-refractivity contribution is -0.305. The van der Waals surface area contributed by atoms with E-state index >= 15 is 0 Å². The highest BCUT2D eigenvalue weighted by Gasteiger charge is 2.05. The number of carboxylic acid groups (broad SMARTS) is 1. The van der Waals surface area contributed by atoms with Crippen LogP contribution in [-0.4, -0.2) is 16.7 Å². The molecule has 0 spiro atoms. The summed E-state index contributed by atoms with van der Waals surface area (Å²) in [5.41, 5.74) is 4.97. The molecule has 0 aliphatic heterocycles. The van der Waals surface area contributed by atoms with E-state index in [1.165, 1.54) is 12.1 Å². The van der Waals surface area contributed by atoms with Gasteiger partial charge in [0.2, 0.25) is 0 Å². The van der Waals surface area contributed by atoms with Crippen molar-refractivity contribution in [1.82, 2.24) is 4.98 Å². The van der Waals surface area contributed by atoms with Crippen LogP contribution in [-0.2, 0) is 4.79 Å². The zero-order valence-electron chi connectivity index (χ0n) is 12.5. The number of aliphatic carboxylic acids is 1. The first kappa shape index (κ1) is 16.6. The Labute approximate surface area is 133 Å². The van der Waals surface area contributed by atoms with E-state index in [0.717, 1.165) is 5.69 Å². The fourth-order valence-electron chi connectivity index (χ4n) is 1.99.